The molecule has 0 aromatic rings. The summed E-state index contributed by atoms with van der Waals surface area (Å²) in [7, 11) is 0. The Morgan fingerprint density at radius 1 is 1.42 bits per heavy atom. The monoisotopic (exact) mass is 175 g/mol. The minimum Gasteiger partial charge on any atom is -0.394 e. The molecule has 0 saturated carbocycles. The Bertz CT molecular complexity index is 182. The zero-order valence-electron chi connectivity index (χ0n) is 6.77. The van der Waals surface area contributed by atoms with E-state index >= 15 is 0 Å². The molecule has 5 heteroatoms. The predicted octanol–water partition coefficient (Wildman–Crippen LogP) is -2.16. The van der Waals surface area contributed by atoms with E-state index in [0.717, 1.165) is 0 Å². The zero-order chi connectivity index (χ0) is 9.30. The first kappa shape index (κ1) is 9.44. The molecule has 12 heavy (non-hydrogen) atoms. The van der Waals surface area contributed by atoms with E-state index in [-0.39, 0.29) is 12.5 Å². The Labute approximate surface area is 70.0 Å². The highest BCUT2D eigenvalue weighted by molar-refractivity contribution is 5.80. The van der Waals surface area contributed by atoms with Gasteiger partial charge in [-0.2, -0.15) is 0 Å². The van der Waals surface area contributed by atoms with Crippen LogP contribution in [0.2, 0.25) is 0 Å². The summed E-state index contributed by atoms with van der Waals surface area (Å²) in [5.74, 6) is -0.963. The minimum atomic E-state index is -1.09. The van der Waals surface area contributed by atoms with E-state index in [0.29, 0.717) is 0 Å². The highest BCUT2D eigenvalue weighted by Crippen LogP contribution is 2.16. The van der Waals surface area contributed by atoms with Crippen molar-refractivity contribution in [2.24, 2.45) is 5.92 Å². The Morgan fingerprint density at radius 2 is 2.00 bits per heavy atom. The van der Waals surface area contributed by atoms with E-state index < -0.39 is 24.2 Å². The Kier molecular flexibility index (Phi) is 2.66. The molecule has 4 N–H and O–H groups in total. The van der Waals surface area contributed by atoms with E-state index in [2.05, 4.69) is 5.32 Å². The summed E-state index contributed by atoms with van der Waals surface area (Å²) in [5.41, 5.74) is 0. The Hall–Kier alpha value is -0.650. The van der Waals surface area contributed by atoms with Crippen LogP contribution < -0.4 is 5.32 Å². The molecule has 1 aliphatic heterocycles. The molecule has 4 unspecified atom stereocenters. The second-order valence-electron chi connectivity index (χ2n) is 3.07. The number of carbonyl (C=O) groups excluding carboxylic acids is 1. The lowest BCUT2D eigenvalue weighted by Crippen LogP contribution is -2.60. The number of amides is 1. The largest absolute Gasteiger partial charge is 0.394 e. The van der Waals surface area contributed by atoms with Gasteiger partial charge in [-0.3, -0.25) is 4.79 Å². The molecule has 1 rings (SSSR count). The lowest BCUT2D eigenvalue weighted by Gasteiger charge is -2.35. The maximum absolute atomic E-state index is 11.0. The molecule has 1 aliphatic rings. The fourth-order valence-electron chi connectivity index (χ4n) is 1.24. The molecule has 1 saturated heterocycles. The highest BCUT2D eigenvalue weighted by atomic mass is 16.3. The van der Waals surface area contributed by atoms with Gasteiger partial charge in [0.25, 0.3) is 0 Å². The van der Waals surface area contributed by atoms with Gasteiger partial charge in [0.15, 0.2) is 0 Å². The molecule has 5 nitrogen and oxygen atoms in total. The van der Waals surface area contributed by atoms with Gasteiger partial charge in [-0.1, -0.05) is 6.92 Å². The molecule has 0 bridgehead atoms. The second kappa shape index (κ2) is 3.38. The van der Waals surface area contributed by atoms with E-state index in [9.17, 15) is 15.0 Å². The number of nitrogens with one attached hydrogen (secondary N) is 1. The molecule has 70 valence electrons. The number of rotatable bonds is 1. The summed E-state index contributed by atoms with van der Waals surface area (Å²) >= 11 is 0. The van der Waals surface area contributed by atoms with E-state index in [1.165, 1.54) is 6.92 Å². The van der Waals surface area contributed by atoms with Crippen molar-refractivity contribution in [2.75, 3.05) is 6.61 Å². The second-order valence-corrected chi connectivity index (χ2v) is 3.07. The number of aliphatic hydroxyl groups is 3. The summed E-state index contributed by atoms with van der Waals surface area (Å²) in [6.45, 7) is 1.16. The Balaban J connectivity index is 2.70. The first-order valence-corrected chi connectivity index (χ1v) is 3.85. The molecule has 0 spiro atoms. The predicted molar refractivity (Wildman–Crippen MR) is 40.2 cm³/mol. The summed E-state index contributed by atoms with van der Waals surface area (Å²) in [4.78, 5) is 11.0. The van der Waals surface area contributed by atoms with Crippen LogP contribution in [-0.4, -0.2) is 46.1 Å². The van der Waals surface area contributed by atoms with Crippen molar-refractivity contribution in [3.8, 4) is 0 Å². The van der Waals surface area contributed by atoms with Crippen molar-refractivity contribution < 1.29 is 20.1 Å². The van der Waals surface area contributed by atoms with Crippen LogP contribution in [0.1, 0.15) is 6.92 Å². The molecule has 1 heterocycles. The van der Waals surface area contributed by atoms with Crippen LogP contribution in [0.5, 0.6) is 0 Å². The molecular formula is C7H13NO4. The molecular weight excluding hydrogens is 162 g/mol. The number of aliphatic hydroxyl groups excluding tert-OH is 3. The van der Waals surface area contributed by atoms with Gasteiger partial charge < -0.3 is 20.6 Å². The zero-order valence-corrected chi connectivity index (χ0v) is 6.77. The minimum absolute atomic E-state index is 0.341. The number of carbonyl (C=O) groups is 1. The SMILES string of the molecule is CC1C(=O)NC(CO)C(O)C1O. The van der Waals surface area contributed by atoms with Crippen LogP contribution in [0.15, 0.2) is 0 Å². The highest BCUT2D eigenvalue weighted by Gasteiger charge is 2.39. The maximum atomic E-state index is 11.0. The lowest BCUT2D eigenvalue weighted by molar-refractivity contribution is -0.143. The molecule has 1 fully saturated rings. The third kappa shape index (κ3) is 1.43. The normalized spacial score (nSPS) is 42.5. The third-order valence-corrected chi connectivity index (χ3v) is 2.21. The lowest BCUT2D eigenvalue weighted by atomic mass is 9.90. The quantitative estimate of drug-likeness (QED) is 0.365. The summed E-state index contributed by atoms with van der Waals surface area (Å²) in [6.07, 6.45) is -2.17. The fraction of sp³-hybridized carbons (Fsp3) is 0.857. The van der Waals surface area contributed by atoms with Crippen molar-refractivity contribution in [1.29, 1.82) is 0 Å². The summed E-state index contributed by atoms with van der Waals surface area (Å²) in [5, 5.41) is 29.7. The number of hydrogen-bond acceptors (Lipinski definition) is 4. The maximum Gasteiger partial charge on any atom is 0.225 e. The van der Waals surface area contributed by atoms with E-state index in [1.54, 1.807) is 0 Å². The third-order valence-electron chi connectivity index (χ3n) is 2.21. The van der Waals surface area contributed by atoms with Crippen LogP contribution in [-0.2, 0) is 4.79 Å². The van der Waals surface area contributed by atoms with Crippen LogP contribution in [0.4, 0.5) is 0 Å². The van der Waals surface area contributed by atoms with Gasteiger partial charge in [0, 0.05) is 0 Å². The van der Waals surface area contributed by atoms with Gasteiger partial charge >= 0.3 is 0 Å². The van der Waals surface area contributed by atoms with Crippen LogP contribution in [0.3, 0.4) is 0 Å². The van der Waals surface area contributed by atoms with Crippen molar-refractivity contribution in [3.05, 3.63) is 0 Å². The molecule has 0 radical (unpaired) electrons. The van der Waals surface area contributed by atoms with Gasteiger partial charge in [-0.25, -0.2) is 0 Å². The van der Waals surface area contributed by atoms with Crippen molar-refractivity contribution >= 4 is 5.91 Å². The summed E-state index contributed by atoms with van der Waals surface area (Å²) < 4.78 is 0. The first-order chi connectivity index (χ1) is 5.57. The summed E-state index contributed by atoms with van der Waals surface area (Å²) in [6, 6.07) is -0.747. The average Bonchev–Trinajstić information content (AvgIpc) is 2.08. The van der Waals surface area contributed by atoms with Gasteiger partial charge in [-0.15, -0.1) is 0 Å². The van der Waals surface area contributed by atoms with E-state index in [1.807, 2.05) is 0 Å². The molecule has 0 aromatic carbocycles. The fourth-order valence-corrected chi connectivity index (χ4v) is 1.24. The smallest absolute Gasteiger partial charge is 0.225 e. The van der Waals surface area contributed by atoms with Crippen LogP contribution in [0.25, 0.3) is 0 Å². The first-order valence-electron chi connectivity index (χ1n) is 3.85. The van der Waals surface area contributed by atoms with Crippen LogP contribution >= 0.6 is 0 Å². The number of hydrogen-bond donors (Lipinski definition) is 4. The molecule has 1 amide bonds. The standard InChI is InChI=1S/C7H13NO4/c1-3-5(10)6(11)4(2-9)8-7(3)12/h3-6,9-11H,2H2,1H3,(H,8,12). The van der Waals surface area contributed by atoms with Gasteiger partial charge in [0.1, 0.15) is 6.10 Å². The van der Waals surface area contributed by atoms with Crippen molar-refractivity contribution in [2.45, 2.75) is 25.2 Å². The Morgan fingerprint density at radius 3 is 2.50 bits per heavy atom. The topological polar surface area (TPSA) is 89.8 Å². The molecule has 0 aromatic heterocycles. The van der Waals surface area contributed by atoms with Crippen molar-refractivity contribution in [3.63, 3.8) is 0 Å². The van der Waals surface area contributed by atoms with Crippen molar-refractivity contribution in [1.82, 2.24) is 5.32 Å². The average molecular weight is 175 g/mol. The molecule has 0 aliphatic carbocycles. The van der Waals surface area contributed by atoms with Crippen LogP contribution in [0, 0.1) is 5.92 Å². The van der Waals surface area contributed by atoms with Gasteiger partial charge in [0.2, 0.25) is 5.91 Å². The molecule has 4 atom stereocenters. The van der Waals surface area contributed by atoms with Gasteiger partial charge in [0.05, 0.1) is 24.7 Å². The number of piperidine rings is 1. The van der Waals surface area contributed by atoms with E-state index in [4.69, 9.17) is 5.11 Å². The van der Waals surface area contributed by atoms with Gasteiger partial charge in [-0.05, 0) is 0 Å².